The maximum absolute atomic E-state index is 5.64. The lowest BCUT2D eigenvalue weighted by molar-refractivity contribution is 0.0982. The average Bonchev–Trinajstić information content (AvgIpc) is 2.78. The van der Waals surface area contributed by atoms with E-state index in [1.165, 1.54) is 6.42 Å². The van der Waals surface area contributed by atoms with E-state index >= 15 is 0 Å². The molecule has 1 N–H and O–H groups in total. The maximum Gasteiger partial charge on any atom is 0.211 e. The first-order valence-electron chi connectivity index (χ1n) is 7.01. The molecule has 1 aromatic heterocycles. The van der Waals surface area contributed by atoms with Gasteiger partial charge in [-0.3, -0.25) is 4.90 Å². The molecule has 3 unspecified atom stereocenters. The van der Waals surface area contributed by atoms with Crippen molar-refractivity contribution in [2.75, 3.05) is 19.6 Å². The Balaban J connectivity index is 1.95. The average molecular weight is 251 g/mol. The van der Waals surface area contributed by atoms with Gasteiger partial charge in [-0.25, -0.2) is 4.98 Å². The van der Waals surface area contributed by atoms with E-state index in [1.54, 1.807) is 6.20 Å². The van der Waals surface area contributed by atoms with Gasteiger partial charge in [0.2, 0.25) is 5.89 Å². The molecule has 18 heavy (non-hydrogen) atoms. The van der Waals surface area contributed by atoms with Crippen LogP contribution in [0.25, 0.3) is 0 Å². The number of piperidine rings is 1. The molecule has 0 bridgehead atoms. The molecule has 0 amide bonds. The van der Waals surface area contributed by atoms with Gasteiger partial charge in [-0.1, -0.05) is 13.8 Å². The summed E-state index contributed by atoms with van der Waals surface area (Å²) in [6, 6.07) is 0.938. The van der Waals surface area contributed by atoms with E-state index in [0.717, 1.165) is 31.3 Å². The van der Waals surface area contributed by atoms with Gasteiger partial charge in [0.1, 0.15) is 5.76 Å². The van der Waals surface area contributed by atoms with E-state index in [9.17, 15) is 0 Å². The molecule has 3 atom stereocenters. The first-order chi connectivity index (χ1) is 8.61. The smallest absolute Gasteiger partial charge is 0.211 e. The van der Waals surface area contributed by atoms with Gasteiger partial charge in [-0.15, -0.1) is 0 Å². The van der Waals surface area contributed by atoms with Gasteiger partial charge in [0.25, 0.3) is 0 Å². The van der Waals surface area contributed by atoms with Gasteiger partial charge in [-0.05, 0) is 32.7 Å². The predicted octanol–water partition coefficient (Wildman–Crippen LogP) is 2.36. The standard InChI is InChI=1S/C14H25N3O/c1-5-15-13-6-7-17(9-10(13)2)12(4)14-16-8-11(3)18-14/h8,10,12-13,15H,5-7,9H2,1-4H3. The van der Waals surface area contributed by atoms with Crippen LogP contribution in [0.5, 0.6) is 0 Å². The molecule has 102 valence electrons. The Kier molecular flexibility index (Phi) is 4.40. The number of likely N-dealkylation sites (tertiary alicyclic amines) is 1. The van der Waals surface area contributed by atoms with Crippen LogP contribution in [-0.4, -0.2) is 35.6 Å². The van der Waals surface area contributed by atoms with Gasteiger partial charge in [0.05, 0.1) is 12.2 Å². The highest BCUT2D eigenvalue weighted by Crippen LogP contribution is 2.26. The Morgan fingerprint density at radius 3 is 2.94 bits per heavy atom. The molecular formula is C14H25N3O. The van der Waals surface area contributed by atoms with Crippen molar-refractivity contribution in [1.82, 2.24) is 15.2 Å². The highest BCUT2D eigenvalue weighted by Gasteiger charge is 2.29. The number of hydrogen-bond donors (Lipinski definition) is 1. The molecule has 2 heterocycles. The van der Waals surface area contributed by atoms with E-state index in [2.05, 4.69) is 36.0 Å². The van der Waals surface area contributed by atoms with Gasteiger partial charge in [0.15, 0.2) is 0 Å². The van der Waals surface area contributed by atoms with Crippen LogP contribution in [0.1, 0.15) is 44.9 Å². The fourth-order valence-electron chi connectivity index (χ4n) is 2.82. The lowest BCUT2D eigenvalue weighted by Gasteiger charge is -2.39. The quantitative estimate of drug-likeness (QED) is 0.892. The summed E-state index contributed by atoms with van der Waals surface area (Å²) in [5, 5.41) is 3.57. The fraction of sp³-hybridized carbons (Fsp3) is 0.786. The van der Waals surface area contributed by atoms with Crippen LogP contribution >= 0.6 is 0 Å². The lowest BCUT2D eigenvalue weighted by Crippen LogP contribution is -2.48. The predicted molar refractivity (Wildman–Crippen MR) is 72.5 cm³/mol. The summed E-state index contributed by atoms with van der Waals surface area (Å²) in [5.74, 6) is 2.42. The molecule has 0 spiro atoms. The van der Waals surface area contributed by atoms with Crippen molar-refractivity contribution in [1.29, 1.82) is 0 Å². The number of rotatable bonds is 4. The summed E-state index contributed by atoms with van der Waals surface area (Å²) >= 11 is 0. The second-order valence-corrected chi connectivity index (χ2v) is 5.41. The van der Waals surface area contributed by atoms with Crippen LogP contribution in [-0.2, 0) is 0 Å². The van der Waals surface area contributed by atoms with Crippen LogP contribution in [0.4, 0.5) is 0 Å². The molecule has 4 nitrogen and oxygen atoms in total. The minimum absolute atomic E-state index is 0.281. The molecule has 0 saturated carbocycles. The van der Waals surface area contributed by atoms with Crippen molar-refractivity contribution in [3.63, 3.8) is 0 Å². The number of aryl methyl sites for hydroxylation is 1. The second kappa shape index (κ2) is 5.85. The van der Waals surface area contributed by atoms with Crippen LogP contribution in [0, 0.1) is 12.8 Å². The first-order valence-corrected chi connectivity index (χ1v) is 7.01. The number of oxazole rings is 1. The first kappa shape index (κ1) is 13.6. The van der Waals surface area contributed by atoms with Crippen LogP contribution in [0.3, 0.4) is 0 Å². The van der Waals surface area contributed by atoms with E-state index in [0.29, 0.717) is 12.0 Å². The largest absolute Gasteiger partial charge is 0.444 e. The fourth-order valence-corrected chi connectivity index (χ4v) is 2.82. The maximum atomic E-state index is 5.64. The third-order valence-electron chi connectivity index (χ3n) is 3.95. The van der Waals surface area contributed by atoms with Crippen molar-refractivity contribution in [2.45, 2.75) is 46.2 Å². The van der Waals surface area contributed by atoms with Gasteiger partial charge in [-0.2, -0.15) is 0 Å². The zero-order valence-electron chi connectivity index (χ0n) is 11.9. The SMILES string of the molecule is CCNC1CCN(C(C)c2ncc(C)o2)CC1C. The Morgan fingerprint density at radius 2 is 2.39 bits per heavy atom. The lowest BCUT2D eigenvalue weighted by atomic mass is 9.93. The van der Waals surface area contributed by atoms with Crippen LogP contribution < -0.4 is 5.32 Å². The monoisotopic (exact) mass is 251 g/mol. The van der Waals surface area contributed by atoms with Crippen molar-refractivity contribution < 1.29 is 4.42 Å². The number of hydrogen-bond acceptors (Lipinski definition) is 4. The normalized spacial score (nSPS) is 27.3. The van der Waals surface area contributed by atoms with E-state index < -0.39 is 0 Å². The molecule has 4 heteroatoms. The van der Waals surface area contributed by atoms with Crippen molar-refractivity contribution >= 4 is 0 Å². The minimum atomic E-state index is 0.281. The summed E-state index contributed by atoms with van der Waals surface area (Å²) < 4.78 is 5.64. The van der Waals surface area contributed by atoms with E-state index in [1.807, 2.05) is 6.92 Å². The Labute approximate surface area is 110 Å². The zero-order chi connectivity index (χ0) is 13.1. The van der Waals surface area contributed by atoms with E-state index in [4.69, 9.17) is 4.42 Å². The van der Waals surface area contributed by atoms with Crippen LogP contribution in [0.15, 0.2) is 10.6 Å². The summed E-state index contributed by atoms with van der Waals surface area (Å²) in [6.07, 6.45) is 3.01. The molecule has 1 aliphatic rings. The number of nitrogens with zero attached hydrogens (tertiary/aromatic N) is 2. The summed E-state index contributed by atoms with van der Waals surface area (Å²) in [6.45, 7) is 11.9. The van der Waals surface area contributed by atoms with Gasteiger partial charge < -0.3 is 9.73 Å². The van der Waals surface area contributed by atoms with Crippen molar-refractivity contribution in [2.24, 2.45) is 5.92 Å². The molecule has 0 radical (unpaired) electrons. The third kappa shape index (κ3) is 2.93. The second-order valence-electron chi connectivity index (χ2n) is 5.41. The van der Waals surface area contributed by atoms with Crippen LogP contribution in [0.2, 0.25) is 0 Å². The Hall–Kier alpha value is -0.870. The number of aromatic nitrogens is 1. The Bertz CT molecular complexity index is 377. The van der Waals surface area contributed by atoms with Gasteiger partial charge in [0, 0.05) is 19.1 Å². The molecule has 1 saturated heterocycles. The molecule has 0 aliphatic carbocycles. The van der Waals surface area contributed by atoms with Gasteiger partial charge >= 0.3 is 0 Å². The highest BCUT2D eigenvalue weighted by atomic mass is 16.4. The molecule has 2 rings (SSSR count). The molecule has 1 aromatic rings. The topological polar surface area (TPSA) is 41.3 Å². The summed E-state index contributed by atoms with van der Waals surface area (Å²) in [5.41, 5.74) is 0. The Morgan fingerprint density at radius 1 is 1.61 bits per heavy atom. The van der Waals surface area contributed by atoms with Crippen molar-refractivity contribution in [3.05, 3.63) is 17.8 Å². The zero-order valence-corrected chi connectivity index (χ0v) is 11.9. The molecular weight excluding hydrogens is 226 g/mol. The highest BCUT2D eigenvalue weighted by molar-refractivity contribution is 4.97. The summed E-state index contributed by atoms with van der Waals surface area (Å²) in [7, 11) is 0. The number of nitrogens with one attached hydrogen (secondary N) is 1. The minimum Gasteiger partial charge on any atom is -0.444 e. The molecule has 0 aromatic carbocycles. The molecule has 1 fully saturated rings. The summed E-state index contributed by atoms with van der Waals surface area (Å²) in [4.78, 5) is 6.82. The third-order valence-corrected chi connectivity index (χ3v) is 3.95. The van der Waals surface area contributed by atoms with E-state index in [-0.39, 0.29) is 6.04 Å². The van der Waals surface area contributed by atoms with Crippen molar-refractivity contribution in [3.8, 4) is 0 Å². The molecule has 1 aliphatic heterocycles.